The Hall–Kier alpha value is -0.860. The van der Waals surface area contributed by atoms with Crippen molar-refractivity contribution >= 4 is 0 Å². The lowest BCUT2D eigenvalue weighted by molar-refractivity contribution is 0.293. The quantitative estimate of drug-likeness (QED) is 0.687. The van der Waals surface area contributed by atoms with Crippen molar-refractivity contribution in [2.75, 3.05) is 33.2 Å². The number of hydrogen-bond donors (Lipinski definition) is 1. The zero-order chi connectivity index (χ0) is 14.1. The lowest BCUT2D eigenvalue weighted by Gasteiger charge is -2.28. The first-order valence-electron chi connectivity index (χ1n) is 7.51. The third-order valence-electron chi connectivity index (χ3n) is 3.77. The zero-order valence-electron chi connectivity index (χ0n) is 13.1. The van der Waals surface area contributed by atoms with Gasteiger partial charge >= 0.3 is 0 Å². The predicted molar refractivity (Wildman–Crippen MR) is 84.7 cm³/mol. The molecular formula is C17H30N2. The van der Waals surface area contributed by atoms with E-state index in [-0.39, 0.29) is 5.41 Å². The Morgan fingerprint density at radius 3 is 2.37 bits per heavy atom. The molecule has 1 aromatic rings. The van der Waals surface area contributed by atoms with Gasteiger partial charge in [0.2, 0.25) is 0 Å². The van der Waals surface area contributed by atoms with E-state index in [0.717, 1.165) is 26.2 Å². The van der Waals surface area contributed by atoms with Crippen LogP contribution in [0.1, 0.15) is 39.2 Å². The number of benzene rings is 1. The Balaban J connectivity index is 2.30. The molecule has 0 unspecified atom stereocenters. The van der Waals surface area contributed by atoms with Gasteiger partial charge in [0.05, 0.1) is 0 Å². The van der Waals surface area contributed by atoms with Gasteiger partial charge in [-0.2, -0.15) is 0 Å². The van der Waals surface area contributed by atoms with Crippen LogP contribution in [0, 0.1) is 0 Å². The van der Waals surface area contributed by atoms with Crippen molar-refractivity contribution in [2.24, 2.45) is 0 Å². The number of rotatable bonds is 9. The molecule has 0 heterocycles. The maximum Gasteiger partial charge on any atom is 0.0104 e. The molecule has 0 radical (unpaired) electrons. The van der Waals surface area contributed by atoms with Gasteiger partial charge < -0.3 is 10.2 Å². The first-order valence-corrected chi connectivity index (χ1v) is 7.51. The van der Waals surface area contributed by atoms with Gasteiger partial charge in [-0.3, -0.25) is 0 Å². The molecule has 0 saturated heterocycles. The number of hydrogen-bond acceptors (Lipinski definition) is 2. The van der Waals surface area contributed by atoms with Crippen molar-refractivity contribution in [1.29, 1.82) is 0 Å². The topological polar surface area (TPSA) is 15.3 Å². The van der Waals surface area contributed by atoms with Gasteiger partial charge in [-0.25, -0.2) is 0 Å². The van der Waals surface area contributed by atoms with E-state index in [1.807, 2.05) is 0 Å². The molecular weight excluding hydrogens is 232 g/mol. The van der Waals surface area contributed by atoms with Crippen molar-refractivity contribution in [3.8, 4) is 0 Å². The summed E-state index contributed by atoms with van der Waals surface area (Å²) >= 11 is 0. The fourth-order valence-electron chi connectivity index (χ4n) is 2.19. The minimum absolute atomic E-state index is 0.256. The third kappa shape index (κ3) is 6.22. The molecule has 0 bridgehead atoms. The Morgan fingerprint density at radius 1 is 1.05 bits per heavy atom. The van der Waals surface area contributed by atoms with E-state index in [1.54, 1.807) is 0 Å². The summed E-state index contributed by atoms with van der Waals surface area (Å²) in [4.78, 5) is 2.42. The van der Waals surface area contributed by atoms with E-state index >= 15 is 0 Å². The van der Waals surface area contributed by atoms with Crippen molar-refractivity contribution in [2.45, 2.75) is 39.0 Å². The fraction of sp³-hybridized carbons (Fsp3) is 0.647. The molecule has 0 spiro atoms. The molecule has 2 nitrogen and oxygen atoms in total. The van der Waals surface area contributed by atoms with Crippen LogP contribution in [0.25, 0.3) is 0 Å². The summed E-state index contributed by atoms with van der Waals surface area (Å²) in [5.41, 5.74) is 1.69. The molecule has 0 amide bonds. The molecule has 1 N–H and O–H groups in total. The zero-order valence-corrected chi connectivity index (χ0v) is 13.1. The number of likely N-dealkylation sites (N-methyl/N-ethyl adjacent to an activating group) is 1. The normalized spacial score (nSPS) is 12.1. The molecule has 1 rings (SSSR count). The van der Waals surface area contributed by atoms with Crippen LogP contribution in [0.5, 0.6) is 0 Å². The van der Waals surface area contributed by atoms with Crippen LogP contribution in [-0.4, -0.2) is 38.1 Å². The van der Waals surface area contributed by atoms with Crippen molar-refractivity contribution in [3.63, 3.8) is 0 Å². The van der Waals surface area contributed by atoms with E-state index < -0.39 is 0 Å². The molecule has 2 heteroatoms. The van der Waals surface area contributed by atoms with Crippen molar-refractivity contribution < 1.29 is 0 Å². The summed E-state index contributed by atoms with van der Waals surface area (Å²) < 4.78 is 0. The molecule has 0 aliphatic carbocycles. The lowest BCUT2D eigenvalue weighted by Crippen LogP contribution is -2.33. The van der Waals surface area contributed by atoms with Gasteiger partial charge in [0, 0.05) is 13.1 Å². The van der Waals surface area contributed by atoms with Gasteiger partial charge in [-0.05, 0) is 44.0 Å². The van der Waals surface area contributed by atoms with Crippen molar-refractivity contribution in [1.82, 2.24) is 10.2 Å². The average molecular weight is 262 g/mol. The van der Waals surface area contributed by atoms with Crippen LogP contribution in [0.4, 0.5) is 0 Å². The second-order valence-electron chi connectivity index (χ2n) is 6.05. The van der Waals surface area contributed by atoms with E-state index in [4.69, 9.17) is 0 Å². The molecule has 0 aliphatic heterocycles. The van der Waals surface area contributed by atoms with E-state index in [0.29, 0.717) is 0 Å². The molecule has 0 atom stereocenters. The van der Waals surface area contributed by atoms with Crippen LogP contribution in [0.3, 0.4) is 0 Å². The van der Waals surface area contributed by atoms with Gasteiger partial charge in [0.1, 0.15) is 0 Å². The second kappa shape index (κ2) is 8.34. The highest BCUT2D eigenvalue weighted by Crippen LogP contribution is 2.26. The molecule has 0 aromatic heterocycles. The minimum atomic E-state index is 0.256. The number of nitrogens with zero attached hydrogens (tertiary/aromatic N) is 1. The monoisotopic (exact) mass is 262 g/mol. The average Bonchev–Trinajstić information content (AvgIpc) is 2.42. The highest BCUT2D eigenvalue weighted by atomic mass is 15.1. The molecule has 108 valence electrons. The summed E-state index contributed by atoms with van der Waals surface area (Å²) in [5.74, 6) is 0. The van der Waals surface area contributed by atoms with E-state index in [2.05, 4.69) is 68.4 Å². The summed E-state index contributed by atoms with van der Waals surface area (Å²) in [6, 6.07) is 10.8. The number of nitrogens with one attached hydrogen (secondary N) is 1. The van der Waals surface area contributed by atoms with Crippen LogP contribution >= 0.6 is 0 Å². The van der Waals surface area contributed by atoms with Gasteiger partial charge in [0.15, 0.2) is 0 Å². The first-order chi connectivity index (χ1) is 9.06. The first kappa shape index (κ1) is 16.2. The maximum absolute atomic E-state index is 3.45. The maximum atomic E-state index is 3.45. The highest BCUT2D eigenvalue weighted by molar-refractivity contribution is 5.23. The molecule has 1 aromatic carbocycles. The van der Waals surface area contributed by atoms with Gasteiger partial charge in [-0.15, -0.1) is 0 Å². The van der Waals surface area contributed by atoms with Crippen LogP contribution in [0.2, 0.25) is 0 Å². The van der Waals surface area contributed by atoms with E-state index in [1.165, 1.54) is 18.4 Å². The van der Waals surface area contributed by atoms with Crippen LogP contribution < -0.4 is 5.32 Å². The molecule has 0 aliphatic rings. The van der Waals surface area contributed by atoms with Crippen molar-refractivity contribution in [3.05, 3.63) is 35.9 Å². The second-order valence-corrected chi connectivity index (χ2v) is 6.05. The Bertz CT molecular complexity index is 332. The molecule has 0 saturated carbocycles. The van der Waals surface area contributed by atoms with Crippen LogP contribution in [-0.2, 0) is 5.41 Å². The Kier molecular flexibility index (Phi) is 7.11. The smallest absolute Gasteiger partial charge is 0.0104 e. The fourth-order valence-corrected chi connectivity index (χ4v) is 2.19. The third-order valence-corrected chi connectivity index (χ3v) is 3.77. The highest BCUT2D eigenvalue weighted by Gasteiger charge is 2.20. The lowest BCUT2D eigenvalue weighted by atomic mass is 9.81. The summed E-state index contributed by atoms with van der Waals surface area (Å²) in [7, 11) is 2.22. The molecule has 19 heavy (non-hydrogen) atoms. The minimum Gasteiger partial charge on any atom is -0.315 e. The standard InChI is InChI=1S/C17H30N2/c1-5-12-18-13-15-19(4)14-11-17(2,3)16-9-7-6-8-10-16/h6-10,18H,5,11-15H2,1-4H3. The van der Waals surface area contributed by atoms with E-state index in [9.17, 15) is 0 Å². The predicted octanol–water partition coefficient (Wildman–Crippen LogP) is 3.29. The summed E-state index contributed by atoms with van der Waals surface area (Å²) in [6.45, 7) is 11.4. The van der Waals surface area contributed by atoms with Gasteiger partial charge in [-0.1, -0.05) is 51.1 Å². The largest absolute Gasteiger partial charge is 0.315 e. The Morgan fingerprint density at radius 2 is 1.74 bits per heavy atom. The summed E-state index contributed by atoms with van der Waals surface area (Å²) in [5, 5.41) is 3.45. The van der Waals surface area contributed by atoms with Gasteiger partial charge in [0.25, 0.3) is 0 Å². The van der Waals surface area contributed by atoms with Crippen LogP contribution in [0.15, 0.2) is 30.3 Å². The summed E-state index contributed by atoms with van der Waals surface area (Å²) in [6.07, 6.45) is 2.41. The Labute approximate surface area is 119 Å². The molecule has 0 fully saturated rings. The SMILES string of the molecule is CCCNCCN(C)CCC(C)(C)c1ccccc1.